The Bertz CT molecular complexity index is 982. The van der Waals surface area contributed by atoms with E-state index >= 15 is 0 Å². The van der Waals surface area contributed by atoms with E-state index < -0.39 is 0 Å². The van der Waals surface area contributed by atoms with Crippen molar-refractivity contribution in [2.24, 2.45) is 5.92 Å². The van der Waals surface area contributed by atoms with Crippen LogP contribution in [-0.2, 0) is 19.5 Å². The molecule has 1 saturated carbocycles. The van der Waals surface area contributed by atoms with Crippen molar-refractivity contribution in [3.05, 3.63) is 50.1 Å². The summed E-state index contributed by atoms with van der Waals surface area (Å²) < 4.78 is 3.35. The van der Waals surface area contributed by atoms with Crippen molar-refractivity contribution in [2.45, 2.75) is 58.2 Å². The molecule has 3 heterocycles. The van der Waals surface area contributed by atoms with Crippen LogP contribution in [0.4, 0.5) is 0 Å². The molecule has 0 spiro atoms. The molecule has 1 N–H and O–H groups in total. The van der Waals surface area contributed by atoms with Gasteiger partial charge in [-0.1, -0.05) is 0 Å². The SMILES string of the molecule is Cc1ccc(C(=O)N(C)C2CCc3nn(CC4CC4)c(=O)n3CC2)c(=O)[nH]1. The van der Waals surface area contributed by atoms with Crippen molar-refractivity contribution >= 4 is 5.91 Å². The summed E-state index contributed by atoms with van der Waals surface area (Å²) in [5.74, 6) is 1.12. The maximum Gasteiger partial charge on any atom is 0.345 e. The van der Waals surface area contributed by atoms with Gasteiger partial charge in [0.15, 0.2) is 0 Å². The van der Waals surface area contributed by atoms with E-state index in [1.165, 1.54) is 12.8 Å². The lowest BCUT2D eigenvalue weighted by Crippen LogP contribution is -2.40. The summed E-state index contributed by atoms with van der Waals surface area (Å²) in [6.45, 7) is 3.05. The highest BCUT2D eigenvalue weighted by Gasteiger charge is 2.29. The molecule has 1 fully saturated rings. The average molecular weight is 371 g/mol. The number of pyridine rings is 1. The first kappa shape index (κ1) is 17.8. The summed E-state index contributed by atoms with van der Waals surface area (Å²) in [7, 11) is 1.73. The summed E-state index contributed by atoms with van der Waals surface area (Å²) in [6, 6.07) is 3.27. The zero-order valence-electron chi connectivity index (χ0n) is 15.8. The second-order valence-corrected chi connectivity index (χ2v) is 7.76. The normalized spacial score (nSPS) is 19.4. The van der Waals surface area contributed by atoms with Crippen LogP contribution in [0, 0.1) is 12.8 Å². The molecule has 0 bridgehead atoms. The van der Waals surface area contributed by atoms with Crippen LogP contribution >= 0.6 is 0 Å². The van der Waals surface area contributed by atoms with Crippen molar-refractivity contribution < 1.29 is 4.79 Å². The largest absolute Gasteiger partial charge is 0.345 e. The highest BCUT2D eigenvalue weighted by Crippen LogP contribution is 2.30. The second-order valence-electron chi connectivity index (χ2n) is 7.76. The van der Waals surface area contributed by atoms with E-state index in [-0.39, 0.29) is 28.8 Å². The molecule has 8 nitrogen and oxygen atoms in total. The lowest BCUT2D eigenvalue weighted by atomic mass is 10.1. The van der Waals surface area contributed by atoms with Gasteiger partial charge in [0.25, 0.3) is 11.5 Å². The van der Waals surface area contributed by atoms with Crippen molar-refractivity contribution in [3.63, 3.8) is 0 Å². The number of aromatic amines is 1. The van der Waals surface area contributed by atoms with Gasteiger partial charge < -0.3 is 9.88 Å². The minimum absolute atomic E-state index is 0.0313. The molecule has 2 aromatic rings. The summed E-state index contributed by atoms with van der Waals surface area (Å²) in [6.07, 6.45) is 4.42. The summed E-state index contributed by atoms with van der Waals surface area (Å²) in [5, 5.41) is 4.52. The molecule has 0 saturated heterocycles. The molecule has 1 unspecified atom stereocenters. The van der Waals surface area contributed by atoms with Gasteiger partial charge in [-0.15, -0.1) is 0 Å². The highest BCUT2D eigenvalue weighted by molar-refractivity contribution is 5.93. The van der Waals surface area contributed by atoms with Crippen LogP contribution in [0.15, 0.2) is 21.7 Å². The van der Waals surface area contributed by atoms with Crippen molar-refractivity contribution in [3.8, 4) is 0 Å². The minimum Gasteiger partial charge on any atom is -0.338 e. The van der Waals surface area contributed by atoms with Crippen molar-refractivity contribution in [1.82, 2.24) is 24.2 Å². The van der Waals surface area contributed by atoms with Crippen molar-refractivity contribution in [2.75, 3.05) is 7.05 Å². The number of fused-ring (bicyclic) bond motifs is 1. The molecule has 27 heavy (non-hydrogen) atoms. The monoisotopic (exact) mass is 371 g/mol. The third kappa shape index (κ3) is 3.48. The average Bonchev–Trinajstić information content (AvgIpc) is 3.42. The Morgan fingerprint density at radius 2 is 2.04 bits per heavy atom. The van der Waals surface area contributed by atoms with E-state index in [9.17, 15) is 14.4 Å². The zero-order chi connectivity index (χ0) is 19.1. The highest BCUT2D eigenvalue weighted by atomic mass is 16.2. The summed E-state index contributed by atoms with van der Waals surface area (Å²) >= 11 is 0. The lowest BCUT2D eigenvalue weighted by Gasteiger charge is -2.26. The number of carbonyl (C=O) groups is 1. The van der Waals surface area contributed by atoms with Gasteiger partial charge in [-0.3, -0.25) is 14.2 Å². The Hall–Kier alpha value is -2.64. The molecule has 4 rings (SSSR count). The van der Waals surface area contributed by atoms with Gasteiger partial charge >= 0.3 is 5.69 Å². The summed E-state index contributed by atoms with van der Waals surface area (Å²) in [4.78, 5) is 41.7. The number of aryl methyl sites for hydroxylation is 2. The van der Waals surface area contributed by atoms with Crippen LogP contribution in [0.25, 0.3) is 0 Å². The minimum atomic E-state index is -0.364. The molecular formula is C19H25N5O3. The fourth-order valence-corrected chi connectivity index (χ4v) is 3.76. The number of nitrogens with zero attached hydrogens (tertiary/aromatic N) is 4. The topological polar surface area (TPSA) is 93.0 Å². The predicted octanol–water partition coefficient (Wildman–Crippen LogP) is 0.929. The third-order valence-electron chi connectivity index (χ3n) is 5.67. The Labute approximate surface area is 156 Å². The van der Waals surface area contributed by atoms with Crippen LogP contribution in [0.2, 0.25) is 0 Å². The second kappa shape index (κ2) is 6.83. The Morgan fingerprint density at radius 3 is 2.74 bits per heavy atom. The molecular weight excluding hydrogens is 346 g/mol. The summed E-state index contributed by atoms with van der Waals surface area (Å²) in [5.41, 5.74) is 0.469. The van der Waals surface area contributed by atoms with Crippen LogP contribution in [0.3, 0.4) is 0 Å². The van der Waals surface area contributed by atoms with E-state index in [4.69, 9.17) is 0 Å². The molecule has 2 aromatic heterocycles. The Balaban J connectivity index is 1.48. The Morgan fingerprint density at radius 1 is 1.26 bits per heavy atom. The van der Waals surface area contributed by atoms with Gasteiger partial charge in [0, 0.05) is 38.3 Å². The van der Waals surface area contributed by atoms with Gasteiger partial charge in [0.05, 0.1) is 0 Å². The smallest absolute Gasteiger partial charge is 0.338 e. The van der Waals surface area contributed by atoms with E-state index in [1.807, 2.05) is 0 Å². The quantitative estimate of drug-likeness (QED) is 0.865. The van der Waals surface area contributed by atoms with E-state index in [1.54, 1.807) is 40.3 Å². The number of hydrogen-bond donors (Lipinski definition) is 1. The molecule has 144 valence electrons. The van der Waals surface area contributed by atoms with Gasteiger partial charge in [-0.05, 0) is 50.7 Å². The van der Waals surface area contributed by atoms with E-state index in [0.29, 0.717) is 25.3 Å². The number of carbonyl (C=O) groups excluding carboxylic acids is 1. The van der Waals surface area contributed by atoms with Crippen LogP contribution in [0.1, 0.15) is 47.6 Å². The molecule has 1 atom stereocenters. The number of nitrogens with one attached hydrogen (secondary N) is 1. The van der Waals surface area contributed by atoms with Crippen LogP contribution in [0.5, 0.6) is 0 Å². The standard InChI is InChI=1S/C19H25N5O3/c1-12-3-7-15(17(25)20-12)18(26)22(2)14-6-8-16-21-24(11-13-4-5-13)19(27)23(16)10-9-14/h3,7,13-14H,4-6,8-11H2,1-2H3,(H,20,25). The molecule has 1 aliphatic heterocycles. The molecule has 2 aliphatic rings. The number of H-pyrrole nitrogens is 1. The van der Waals surface area contributed by atoms with Crippen LogP contribution < -0.4 is 11.2 Å². The molecule has 1 aliphatic carbocycles. The van der Waals surface area contributed by atoms with Crippen molar-refractivity contribution in [1.29, 1.82) is 0 Å². The predicted molar refractivity (Wildman–Crippen MR) is 99.8 cm³/mol. The maximum absolute atomic E-state index is 12.8. The van der Waals surface area contributed by atoms with Gasteiger partial charge in [0.2, 0.25) is 0 Å². The molecule has 1 amide bonds. The first-order valence-corrected chi connectivity index (χ1v) is 9.57. The van der Waals surface area contributed by atoms with Gasteiger partial charge in [-0.2, -0.15) is 5.10 Å². The lowest BCUT2D eigenvalue weighted by molar-refractivity contribution is 0.0714. The fraction of sp³-hybridized carbons (Fsp3) is 0.579. The molecule has 0 aromatic carbocycles. The maximum atomic E-state index is 12.8. The van der Waals surface area contributed by atoms with Crippen LogP contribution in [-0.4, -0.2) is 43.2 Å². The van der Waals surface area contributed by atoms with Gasteiger partial charge in [0.1, 0.15) is 11.4 Å². The number of aromatic nitrogens is 4. The van der Waals surface area contributed by atoms with E-state index in [2.05, 4.69) is 10.1 Å². The Kier molecular flexibility index (Phi) is 4.49. The number of amides is 1. The zero-order valence-corrected chi connectivity index (χ0v) is 15.8. The third-order valence-corrected chi connectivity index (χ3v) is 5.67. The molecule has 0 radical (unpaired) electrons. The number of rotatable bonds is 4. The first-order valence-electron chi connectivity index (χ1n) is 9.57. The van der Waals surface area contributed by atoms with Gasteiger partial charge in [-0.25, -0.2) is 9.48 Å². The molecule has 8 heteroatoms. The first-order chi connectivity index (χ1) is 12.9. The van der Waals surface area contributed by atoms with E-state index in [0.717, 1.165) is 24.5 Å². The number of hydrogen-bond acceptors (Lipinski definition) is 4. The fourth-order valence-electron chi connectivity index (χ4n) is 3.76.